The Labute approximate surface area is 250 Å². The monoisotopic (exact) mass is 641 g/mol. The molecule has 0 saturated heterocycles. The lowest BCUT2D eigenvalue weighted by Crippen LogP contribution is -2.17. The van der Waals surface area contributed by atoms with E-state index in [0.29, 0.717) is 23.1 Å². The highest BCUT2D eigenvalue weighted by Gasteiger charge is 2.15. The molecule has 12 nitrogen and oxygen atoms in total. The van der Waals surface area contributed by atoms with E-state index in [1.54, 1.807) is 22.6 Å². The van der Waals surface area contributed by atoms with Crippen LogP contribution in [-0.2, 0) is 6.54 Å². The molecule has 5 N–H and O–H groups in total. The summed E-state index contributed by atoms with van der Waals surface area (Å²) in [6.45, 7) is 1.43. The Bertz CT molecular complexity index is 2250. The van der Waals surface area contributed by atoms with E-state index in [0.717, 1.165) is 38.6 Å². The van der Waals surface area contributed by atoms with E-state index < -0.39 is 11.7 Å². The zero-order chi connectivity index (χ0) is 30.1. The maximum Gasteiger partial charge on any atom is 0.348 e. The van der Waals surface area contributed by atoms with Crippen molar-refractivity contribution in [2.45, 2.75) is 6.54 Å². The Kier molecular flexibility index (Phi) is 7.59. The van der Waals surface area contributed by atoms with Crippen LogP contribution in [0.15, 0.2) is 92.9 Å². The number of para-hydroxylation sites is 1. The number of fused-ring (bicyclic) bond motifs is 6. The molecule has 13 heteroatoms. The van der Waals surface area contributed by atoms with Crippen molar-refractivity contribution >= 4 is 55.0 Å². The molecule has 0 saturated carbocycles. The van der Waals surface area contributed by atoms with Gasteiger partial charge in [-0.15, -0.1) is 0 Å². The fourth-order valence-corrected chi connectivity index (χ4v) is 5.38. The first-order valence-corrected chi connectivity index (χ1v) is 14.0. The number of halogens is 1. The van der Waals surface area contributed by atoms with Crippen LogP contribution < -0.4 is 16.7 Å². The fraction of sp³-hybridized carbons (Fsp3) is 0.100. The zero-order valence-electron chi connectivity index (χ0n) is 22.4. The van der Waals surface area contributed by atoms with Gasteiger partial charge in [-0.25, -0.2) is 33.4 Å². The lowest BCUT2D eigenvalue weighted by atomic mass is 10.00. The van der Waals surface area contributed by atoms with Crippen LogP contribution in [0.5, 0.6) is 0 Å². The number of aromatic amines is 2. The first-order chi connectivity index (χ1) is 20.9. The van der Waals surface area contributed by atoms with E-state index in [9.17, 15) is 19.5 Å². The second-order valence-electron chi connectivity index (χ2n) is 9.64. The summed E-state index contributed by atoms with van der Waals surface area (Å²) in [5.74, 6) is -1.06. The Morgan fingerprint density at radius 3 is 2.21 bits per heavy atom. The first-order valence-electron chi connectivity index (χ1n) is 13.2. The van der Waals surface area contributed by atoms with Crippen LogP contribution in [0, 0.1) is 0 Å². The first kappa shape index (κ1) is 28.0. The highest BCUT2D eigenvalue weighted by molar-refractivity contribution is 9.10. The predicted octanol–water partition coefficient (Wildman–Crippen LogP) is 3.56. The van der Waals surface area contributed by atoms with Crippen LogP contribution in [0.25, 0.3) is 44.2 Å². The molecule has 0 aliphatic rings. The molecule has 0 radical (unpaired) electrons. The van der Waals surface area contributed by atoms with Gasteiger partial charge in [-0.2, -0.15) is 10.2 Å². The molecule has 0 bridgehead atoms. The van der Waals surface area contributed by atoms with Crippen molar-refractivity contribution < 1.29 is 15.0 Å². The number of aromatic nitrogens is 6. The molecule has 0 unspecified atom stereocenters. The Hall–Kier alpha value is -5.11. The van der Waals surface area contributed by atoms with Gasteiger partial charge in [0.1, 0.15) is 0 Å². The third kappa shape index (κ3) is 5.32. The number of H-pyrrole nitrogens is 2. The van der Waals surface area contributed by atoms with Gasteiger partial charge in [-0.3, -0.25) is 0 Å². The van der Waals surface area contributed by atoms with Gasteiger partial charge in [0.05, 0.1) is 23.2 Å². The number of nitrogens with one attached hydrogen (secondary N) is 3. The van der Waals surface area contributed by atoms with Gasteiger partial charge in [0, 0.05) is 28.3 Å². The number of aliphatic hydroxyl groups excluding tert-OH is 1. The molecule has 216 valence electrons. The van der Waals surface area contributed by atoms with Crippen molar-refractivity contribution in [1.82, 2.24) is 34.5 Å². The third-order valence-electron chi connectivity index (χ3n) is 6.98. The van der Waals surface area contributed by atoms with Crippen molar-refractivity contribution in [3.8, 4) is 11.1 Å². The molecule has 0 aliphatic heterocycles. The van der Waals surface area contributed by atoms with E-state index in [-0.39, 0.29) is 23.5 Å². The number of nitrogens with zero attached hydrogens (tertiary/aromatic N) is 4. The largest absolute Gasteiger partial charge is 0.478 e. The van der Waals surface area contributed by atoms with Gasteiger partial charge in [0.25, 0.3) is 0 Å². The van der Waals surface area contributed by atoms with Gasteiger partial charge >= 0.3 is 17.3 Å². The molecule has 4 aromatic heterocycles. The Balaban J connectivity index is 0.000000162. The smallest absolute Gasteiger partial charge is 0.348 e. The van der Waals surface area contributed by atoms with Gasteiger partial charge in [0.2, 0.25) is 0 Å². The summed E-state index contributed by atoms with van der Waals surface area (Å²) >= 11 is 3.30. The minimum atomic E-state index is -1.06. The van der Waals surface area contributed by atoms with Crippen molar-refractivity contribution in [3.05, 3.63) is 115 Å². The Morgan fingerprint density at radius 2 is 1.51 bits per heavy atom. The molecule has 3 aromatic carbocycles. The third-order valence-corrected chi connectivity index (χ3v) is 7.48. The number of carboxylic acid groups (broad SMARTS) is 1. The summed E-state index contributed by atoms with van der Waals surface area (Å²) in [6.07, 6.45) is 0. The molecule has 0 spiro atoms. The van der Waals surface area contributed by atoms with Gasteiger partial charge in [-0.1, -0.05) is 64.5 Å². The van der Waals surface area contributed by atoms with Crippen molar-refractivity contribution in [3.63, 3.8) is 0 Å². The number of rotatable bonds is 6. The van der Waals surface area contributed by atoms with E-state index in [1.807, 2.05) is 30.3 Å². The lowest BCUT2D eigenvalue weighted by molar-refractivity contribution is 0.0699. The van der Waals surface area contributed by atoms with Crippen LogP contribution in [0.2, 0.25) is 0 Å². The van der Waals surface area contributed by atoms with Crippen molar-refractivity contribution in [2.75, 3.05) is 13.2 Å². The van der Waals surface area contributed by atoms with Crippen LogP contribution in [0.3, 0.4) is 0 Å². The molecule has 7 rings (SSSR count). The molecule has 0 atom stereocenters. The topological polar surface area (TPSA) is 170 Å². The minimum Gasteiger partial charge on any atom is -0.478 e. The Morgan fingerprint density at radius 1 is 0.837 bits per heavy atom. The van der Waals surface area contributed by atoms with Crippen LogP contribution in [-0.4, -0.2) is 58.5 Å². The molecule has 4 heterocycles. The number of carboxylic acids is 1. The molecule has 0 amide bonds. The van der Waals surface area contributed by atoms with Gasteiger partial charge in [-0.05, 0) is 47.0 Å². The number of hydrogen-bond acceptors (Lipinski definition) is 7. The minimum absolute atomic E-state index is 0.115. The van der Waals surface area contributed by atoms with Crippen LogP contribution >= 0.6 is 15.9 Å². The molecular weight excluding hydrogens is 618 g/mol. The molecule has 43 heavy (non-hydrogen) atoms. The highest BCUT2D eigenvalue weighted by Crippen LogP contribution is 2.30. The average molecular weight is 642 g/mol. The normalized spacial score (nSPS) is 11.3. The van der Waals surface area contributed by atoms with E-state index in [2.05, 4.69) is 65.9 Å². The SMILES string of the molecule is O=C(O)c1cc2n[nH]c(=O)n2c2cc(Br)ccc12.O=c1[nH]nc2cc(-c3ccc(CNCCO)cc3)c3ccccc3n12. The maximum absolute atomic E-state index is 12.0. The van der Waals surface area contributed by atoms with Crippen molar-refractivity contribution in [2.24, 2.45) is 0 Å². The number of carbonyl (C=O) groups is 1. The van der Waals surface area contributed by atoms with E-state index in [1.165, 1.54) is 10.5 Å². The summed E-state index contributed by atoms with van der Waals surface area (Å²) < 4.78 is 3.69. The molecular formula is C30H24BrN7O5. The van der Waals surface area contributed by atoms with E-state index >= 15 is 0 Å². The van der Waals surface area contributed by atoms with Gasteiger partial charge < -0.3 is 15.5 Å². The number of aliphatic hydroxyl groups is 1. The fourth-order valence-electron chi connectivity index (χ4n) is 5.03. The number of benzene rings is 3. The van der Waals surface area contributed by atoms with Gasteiger partial charge in [0.15, 0.2) is 11.3 Å². The maximum atomic E-state index is 12.0. The summed E-state index contributed by atoms with van der Waals surface area (Å²) in [5, 5.41) is 35.4. The summed E-state index contributed by atoms with van der Waals surface area (Å²) in [6, 6.07) is 24.5. The summed E-state index contributed by atoms with van der Waals surface area (Å²) in [4.78, 5) is 34.9. The lowest BCUT2D eigenvalue weighted by Gasteiger charge is -2.10. The second-order valence-corrected chi connectivity index (χ2v) is 10.6. The molecule has 0 aliphatic carbocycles. The quantitative estimate of drug-likeness (QED) is 0.172. The molecule has 7 aromatic rings. The highest BCUT2D eigenvalue weighted by atomic mass is 79.9. The molecule has 0 fully saturated rings. The summed E-state index contributed by atoms with van der Waals surface area (Å²) in [7, 11) is 0. The standard InChI is InChI=1S/C19H18N4O2.C11H6BrN3O3/c24-10-9-20-12-13-5-7-14(8-6-13)16-11-18-21-22-19(25)23(18)17-4-2-1-3-15(16)17;12-5-1-2-6-7(10(16)17)4-9-13-14-11(18)15(9)8(6)3-5/h1-8,11,20,24H,9-10,12H2,(H,22,25);1-4H,(H,14,18)(H,16,17). The van der Waals surface area contributed by atoms with Crippen molar-refractivity contribution in [1.29, 1.82) is 0 Å². The predicted molar refractivity (Wildman–Crippen MR) is 166 cm³/mol. The average Bonchev–Trinajstić information content (AvgIpc) is 3.59. The van der Waals surface area contributed by atoms with Crippen LogP contribution in [0.1, 0.15) is 15.9 Å². The second kappa shape index (κ2) is 11.6. The summed E-state index contributed by atoms with van der Waals surface area (Å²) in [5.41, 5.74) is 4.96. The zero-order valence-corrected chi connectivity index (χ0v) is 24.0. The number of aromatic carboxylic acids is 1. The van der Waals surface area contributed by atoms with Crippen LogP contribution in [0.4, 0.5) is 0 Å². The number of pyridine rings is 2. The number of hydrogen-bond donors (Lipinski definition) is 5. The van der Waals surface area contributed by atoms with E-state index in [4.69, 9.17) is 5.11 Å².